The van der Waals surface area contributed by atoms with Crippen molar-refractivity contribution in [1.82, 2.24) is 0 Å². The zero-order chi connectivity index (χ0) is 17.5. The van der Waals surface area contributed by atoms with E-state index in [4.69, 9.17) is 9.84 Å². The summed E-state index contributed by atoms with van der Waals surface area (Å²) in [6, 6.07) is 14.4. The van der Waals surface area contributed by atoms with Crippen LogP contribution in [-0.4, -0.2) is 23.1 Å². The Morgan fingerprint density at radius 1 is 1.08 bits per heavy atom. The number of carboxylic acid groups (broad SMARTS) is 1. The number of benzene rings is 2. The maximum absolute atomic E-state index is 11.9. The molecule has 1 atom stereocenters. The Morgan fingerprint density at radius 2 is 1.71 bits per heavy atom. The van der Waals surface area contributed by atoms with Gasteiger partial charge in [-0.15, -0.1) is 0 Å². The summed E-state index contributed by atoms with van der Waals surface area (Å²) in [4.78, 5) is 22.6. The standard InChI is InChI=1S/C19H19NO4/c1-13-3-5-15(6-4-13)7-12-18(21)20-16-8-10-17(11-9-16)24-14(2)19(22)23/h3-12,14H,1-2H3,(H,20,21)(H,22,23). The maximum Gasteiger partial charge on any atom is 0.344 e. The molecule has 0 aliphatic rings. The highest BCUT2D eigenvalue weighted by Crippen LogP contribution is 2.17. The summed E-state index contributed by atoms with van der Waals surface area (Å²) in [6.07, 6.45) is 2.27. The molecule has 5 nitrogen and oxygen atoms in total. The van der Waals surface area contributed by atoms with E-state index in [0.717, 1.165) is 11.1 Å². The van der Waals surface area contributed by atoms with Crippen LogP contribution >= 0.6 is 0 Å². The van der Waals surface area contributed by atoms with E-state index in [1.165, 1.54) is 13.0 Å². The number of aliphatic carboxylic acids is 1. The summed E-state index contributed by atoms with van der Waals surface area (Å²) in [5.74, 6) is -0.852. The van der Waals surface area contributed by atoms with Gasteiger partial charge in [-0.25, -0.2) is 4.79 Å². The molecule has 0 heterocycles. The molecule has 5 heteroatoms. The lowest BCUT2D eigenvalue weighted by molar-refractivity contribution is -0.144. The quantitative estimate of drug-likeness (QED) is 0.797. The number of hydrogen-bond acceptors (Lipinski definition) is 3. The Hall–Kier alpha value is -3.08. The van der Waals surface area contributed by atoms with Crippen LogP contribution in [0.2, 0.25) is 0 Å². The van der Waals surface area contributed by atoms with E-state index >= 15 is 0 Å². The van der Waals surface area contributed by atoms with Crippen molar-refractivity contribution in [2.75, 3.05) is 5.32 Å². The predicted molar refractivity (Wildman–Crippen MR) is 93.0 cm³/mol. The van der Waals surface area contributed by atoms with Crippen LogP contribution < -0.4 is 10.1 Å². The molecular formula is C19H19NO4. The van der Waals surface area contributed by atoms with Crippen molar-refractivity contribution in [3.05, 3.63) is 65.7 Å². The largest absolute Gasteiger partial charge is 0.479 e. The first-order chi connectivity index (χ1) is 11.4. The number of aryl methyl sites for hydroxylation is 1. The number of ether oxygens (including phenoxy) is 1. The molecule has 0 radical (unpaired) electrons. The molecule has 1 amide bonds. The van der Waals surface area contributed by atoms with Crippen LogP contribution in [0.15, 0.2) is 54.6 Å². The third-order valence-corrected chi connectivity index (χ3v) is 3.29. The van der Waals surface area contributed by atoms with E-state index in [-0.39, 0.29) is 5.91 Å². The molecule has 1 unspecified atom stereocenters. The van der Waals surface area contributed by atoms with Crippen LogP contribution in [-0.2, 0) is 9.59 Å². The monoisotopic (exact) mass is 325 g/mol. The van der Waals surface area contributed by atoms with Gasteiger partial charge in [0.1, 0.15) is 5.75 Å². The van der Waals surface area contributed by atoms with Gasteiger partial charge in [0, 0.05) is 11.8 Å². The summed E-state index contributed by atoms with van der Waals surface area (Å²) in [5.41, 5.74) is 2.71. The van der Waals surface area contributed by atoms with Gasteiger partial charge >= 0.3 is 5.97 Å². The molecule has 124 valence electrons. The number of amides is 1. The summed E-state index contributed by atoms with van der Waals surface area (Å²) < 4.78 is 5.22. The van der Waals surface area contributed by atoms with Crippen molar-refractivity contribution < 1.29 is 19.4 Å². The third-order valence-electron chi connectivity index (χ3n) is 3.29. The molecule has 0 aromatic heterocycles. The maximum atomic E-state index is 11.9. The van der Waals surface area contributed by atoms with E-state index in [0.29, 0.717) is 11.4 Å². The number of carboxylic acids is 1. The first kappa shape index (κ1) is 17.3. The van der Waals surface area contributed by atoms with E-state index in [2.05, 4.69) is 5.32 Å². The minimum absolute atomic E-state index is 0.247. The first-order valence-corrected chi connectivity index (χ1v) is 7.49. The number of carbonyl (C=O) groups is 2. The van der Waals surface area contributed by atoms with Gasteiger partial charge < -0.3 is 15.2 Å². The highest BCUT2D eigenvalue weighted by Gasteiger charge is 2.12. The fraction of sp³-hybridized carbons (Fsp3) is 0.158. The van der Waals surface area contributed by atoms with Gasteiger partial charge in [0.15, 0.2) is 6.10 Å². The van der Waals surface area contributed by atoms with Crippen LogP contribution in [0.3, 0.4) is 0 Å². The average Bonchev–Trinajstić information content (AvgIpc) is 2.56. The summed E-state index contributed by atoms with van der Waals surface area (Å²) >= 11 is 0. The van der Waals surface area contributed by atoms with Crippen LogP contribution in [0.1, 0.15) is 18.1 Å². The van der Waals surface area contributed by atoms with E-state index in [1.54, 1.807) is 30.3 Å². The number of anilines is 1. The smallest absolute Gasteiger partial charge is 0.344 e. The van der Waals surface area contributed by atoms with Crippen LogP contribution in [0, 0.1) is 6.92 Å². The summed E-state index contributed by atoms with van der Waals surface area (Å²) in [6.45, 7) is 3.46. The van der Waals surface area contributed by atoms with Crippen molar-refractivity contribution in [3.63, 3.8) is 0 Å². The van der Waals surface area contributed by atoms with Crippen LogP contribution in [0.25, 0.3) is 6.08 Å². The SMILES string of the molecule is Cc1ccc(C=CC(=O)Nc2ccc(OC(C)C(=O)O)cc2)cc1. The Balaban J connectivity index is 1.92. The van der Waals surface area contributed by atoms with E-state index in [9.17, 15) is 9.59 Å². The second-order valence-electron chi connectivity index (χ2n) is 5.36. The molecule has 0 aliphatic heterocycles. The molecule has 0 spiro atoms. The second kappa shape index (κ2) is 7.97. The summed E-state index contributed by atoms with van der Waals surface area (Å²) in [5, 5.41) is 11.5. The minimum atomic E-state index is -1.03. The molecule has 0 bridgehead atoms. The molecule has 2 aromatic carbocycles. The van der Waals surface area contributed by atoms with Crippen LogP contribution in [0.5, 0.6) is 5.75 Å². The third kappa shape index (κ3) is 5.28. The molecule has 0 aliphatic carbocycles. The van der Waals surface area contributed by atoms with Gasteiger partial charge in [-0.2, -0.15) is 0 Å². The fourth-order valence-electron chi connectivity index (χ4n) is 1.90. The van der Waals surface area contributed by atoms with Crippen molar-refractivity contribution in [2.24, 2.45) is 0 Å². The topological polar surface area (TPSA) is 75.6 Å². The lowest BCUT2D eigenvalue weighted by atomic mass is 10.1. The van der Waals surface area contributed by atoms with Crippen molar-refractivity contribution >= 4 is 23.6 Å². The molecule has 2 N–H and O–H groups in total. The normalized spacial score (nSPS) is 11.9. The molecule has 2 aromatic rings. The molecule has 24 heavy (non-hydrogen) atoms. The number of hydrogen-bond donors (Lipinski definition) is 2. The molecule has 2 rings (SSSR count). The molecular weight excluding hydrogens is 306 g/mol. The number of carbonyl (C=O) groups excluding carboxylic acids is 1. The molecule has 0 fully saturated rings. The van der Waals surface area contributed by atoms with Gasteiger partial charge in [-0.1, -0.05) is 29.8 Å². The fourth-order valence-corrected chi connectivity index (χ4v) is 1.90. The zero-order valence-corrected chi connectivity index (χ0v) is 13.5. The van der Waals surface area contributed by atoms with E-state index < -0.39 is 12.1 Å². The number of rotatable bonds is 6. The van der Waals surface area contributed by atoms with Crippen molar-refractivity contribution in [3.8, 4) is 5.75 Å². The van der Waals surface area contributed by atoms with Gasteiger partial charge in [0.25, 0.3) is 0 Å². The van der Waals surface area contributed by atoms with Crippen LogP contribution in [0.4, 0.5) is 5.69 Å². The average molecular weight is 325 g/mol. The number of nitrogens with one attached hydrogen (secondary N) is 1. The van der Waals surface area contributed by atoms with Gasteiger partial charge in [0.2, 0.25) is 5.91 Å². The molecule has 0 saturated heterocycles. The predicted octanol–water partition coefficient (Wildman–Crippen LogP) is 3.50. The molecule has 0 saturated carbocycles. The van der Waals surface area contributed by atoms with Gasteiger partial charge in [0.05, 0.1) is 0 Å². The summed E-state index contributed by atoms with van der Waals surface area (Å²) in [7, 11) is 0. The Labute approximate surface area is 140 Å². The van der Waals surface area contributed by atoms with E-state index in [1.807, 2.05) is 31.2 Å². The van der Waals surface area contributed by atoms with Gasteiger partial charge in [-0.05, 0) is 49.8 Å². The van der Waals surface area contributed by atoms with Crippen molar-refractivity contribution in [2.45, 2.75) is 20.0 Å². The minimum Gasteiger partial charge on any atom is -0.479 e. The highest BCUT2D eigenvalue weighted by atomic mass is 16.5. The van der Waals surface area contributed by atoms with Gasteiger partial charge in [-0.3, -0.25) is 4.79 Å². The lowest BCUT2D eigenvalue weighted by Crippen LogP contribution is -2.22. The first-order valence-electron chi connectivity index (χ1n) is 7.49. The lowest BCUT2D eigenvalue weighted by Gasteiger charge is -2.10. The highest BCUT2D eigenvalue weighted by molar-refractivity contribution is 6.01. The zero-order valence-electron chi connectivity index (χ0n) is 13.5. The van der Waals surface area contributed by atoms with Crippen molar-refractivity contribution in [1.29, 1.82) is 0 Å². The Morgan fingerprint density at radius 3 is 2.29 bits per heavy atom. The Bertz CT molecular complexity index is 733. The second-order valence-corrected chi connectivity index (χ2v) is 5.36. The Kier molecular flexibility index (Phi) is 5.73.